The Labute approximate surface area is 163 Å². The number of rotatable bonds is 8. The van der Waals surface area contributed by atoms with Crippen LogP contribution >= 0.6 is 11.3 Å². The van der Waals surface area contributed by atoms with Gasteiger partial charge in [0.15, 0.2) is 0 Å². The van der Waals surface area contributed by atoms with Crippen molar-refractivity contribution in [3.63, 3.8) is 0 Å². The lowest BCUT2D eigenvalue weighted by Gasteiger charge is -2.34. The minimum absolute atomic E-state index is 0.0991. The molecule has 0 aromatic carbocycles. The highest BCUT2D eigenvalue weighted by molar-refractivity contribution is 7.09. The zero-order valence-corrected chi connectivity index (χ0v) is 16.6. The summed E-state index contributed by atoms with van der Waals surface area (Å²) in [7, 11) is 0. The molecule has 1 aliphatic heterocycles. The Morgan fingerprint density at radius 3 is 3.00 bits per heavy atom. The number of amides is 2. The number of carbonyl (C=O) groups is 2. The lowest BCUT2D eigenvalue weighted by molar-refractivity contribution is -0.134. The molecule has 27 heavy (non-hydrogen) atoms. The van der Waals surface area contributed by atoms with Crippen LogP contribution in [0.5, 0.6) is 0 Å². The van der Waals surface area contributed by atoms with Gasteiger partial charge in [0.05, 0.1) is 24.0 Å². The van der Waals surface area contributed by atoms with Crippen LogP contribution in [0.2, 0.25) is 0 Å². The number of hydrogen-bond acceptors (Lipinski definition) is 6. The third-order valence-electron chi connectivity index (χ3n) is 4.53. The molecule has 0 spiro atoms. The van der Waals surface area contributed by atoms with Crippen LogP contribution in [0, 0.1) is 13.8 Å². The maximum absolute atomic E-state index is 12.3. The molecule has 8 heteroatoms. The van der Waals surface area contributed by atoms with Gasteiger partial charge in [-0.25, -0.2) is 4.98 Å². The van der Waals surface area contributed by atoms with Crippen LogP contribution < -0.4 is 10.6 Å². The Morgan fingerprint density at radius 2 is 2.30 bits per heavy atom. The van der Waals surface area contributed by atoms with Crippen LogP contribution in [0.25, 0.3) is 0 Å². The lowest BCUT2D eigenvalue weighted by Crippen LogP contribution is -2.56. The Morgan fingerprint density at radius 1 is 1.44 bits per heavy atom. The highest BCUT2D eigenvalue weighted by Crippen LogP contribution is 2.16. The van der Waals surface area contributed by atoms with Crippen molar-refractivity contribution in [3.05, 3.63) is 39.7 Å². The first-order valence-electron chi connectivity index (χ1n) is 9.26. The van der Waals surface area contributed by atoms with Gasteiger partial charge in [-0.2, -0.15) is 0 Å². The summed E-state index contributed by atoms with van der Waals surface area (Å²) in [6.07, 6.45) is 1.85. The first-order chi connectivity index (χ1) is 13.0. The maximum atomic E-state index is 12.3. The highest BCUT2D eigenvalue weighted by atomic mass is 32.1. The van der Waals surface area contributed by atoms with E-state index in [0.717, 1.165) is 35.1 Å². The number of piperazine rings is 1. The largest absolute Gasteiger partial charge is 0.465 e. The zero-order chi connectivity index (χ0) is 19.2. The zero-order valence-electron chi connectivity index (χ0n) is 15.8. The van der Waals surface area contributed by atoms with E-state index in [4.69, 9.17) is 4.42 Å². The van der Waals surface area contributed by atoms with Crippen LogP contribution in [0.4, 0.5) is 0 Å². The van der Waals surface area contributed by atoms with E-state index in [2.05, 4.69) is 15.6 Å². The molecule has 2 aromatic rings. The van der Waals surface area contributed by atoms with Crippen molar-refractivity contribution in [2.75, 3.05) is 19.6 Å². The monoisotopic (exact) mass is 390 g/mol. The number of carbonyl (C=O) groups excluding carboxylic acids is 2. The van der Waals surface area contributed by atoms with Gasteiger partial charge in [0.2, 0.25) is 11.8 Å². The van der Waals surface area contributed by atoms with Gasteiger partial charge in [-0.05, 0) is 32.4 Å². The van der Waals surface area contributed by atoms with E-state index in [9.17, 15) is 9.59 Å². The fourth-order valence-corrected chi connectivity index (χ4v) is 3.99. The molecule has 2 N–H and O–H groups in total. The van der Waals surface area contributed by atoms with E-state index in [1.165, 1.54) is 0 Å². The Bertz CT molecular complexity index is 786. The molecule has 0 bridgehead atoms. The smallest absolute Gasteiger partial charge is 0.237 e. The van der Waals surface area contributed by atoms with Crippen LogP contribution in [-0.4, -0.2) is 47.4 Å². The lowest BCUT2D eigenvalue weighted by atomic mass is 10.1. The summed E-state index contributed by atoms with van der Waals surface area (Å²) in [6.45, 7) is 6.28. The molecule has 2 amide bonds. The quantitative estimate of drug-likeness (QED) is 0.671. The van der Waals surface area contributed by atoms with Gasteiger partial charge in [0.1, 0.15) is 11.5 Å². The summed E-state index contributed by atoms with van der Waals surface area (Å²) in [5.74, 6) is 1.45. The van der Waals surface area contributed by atoms with Crippen LogP contribution in [0.1, 0.15) is 35.1 Å². The second-order valence-electron chi connectivity index (χ2n) is 6.83. The van der Waals surface area contributed by atoms with Crippen molar-refractivity contribution in [1.82, 2.24) is 20.5 Å². The van der Waals surface area contributed by atoms with Crippen molar-refractivity contribution >= 4 is 23.2 Å². The molecule has 0 saturated carbocycles. The second kappa shape index (κ2) is 9.14. The second-order valence-corrected chi connectivity index (χ2v) is 7.77. The van der Waals surface area contributed by atoms with E-state index in [0.29, 0.717) is 26.2 Å². The molecule has 7 nitrogen and oxygen atoms in total. The minimum atomic E-state index is -0.467. The van der Waals surface area contributed by atoms with Crippen molar-refractivity contribution in [3.8, 4) is 0 Å². The van der Waals surface area contributed by atoms with Crippen LogP contribution in [0.3, 0.4) is 0 Å². The van der Waals surface area contributed by atoms with Crippen molar-refractivity contribution in [2.45, 2.75) is 45.7 Å². The molecule has 0 unspecified atom stereocenters. The summed E-state index contributed by atoms with van der Waals surface area (Å²) in [6, 6.07) is 3.36. The number of furan rings is 1. The fourth-order valence-electron chi connectivity index (χ4n) is 3.18. The molecule has 1 saturated heterocycles. The number of nitrogens with zero attached hydrogens (tertiary/aromatic N) is 2. The molecular weight excluding hydrogens is 364 g/mol. The Balaban J connectivity index is 1.46. The van der Waals surface area contributed by atoms with E-state index in [1.54, 1.807) is 11.3 Å². The first-order valence-corrected chi connectivity index (χ1v) is 10.1. The minimum Gasteiger partial charge on any atom is -0.465 e. The van der Waals surface area contributed by atoms with Gasteiger partial charge in [0.25, 0.3) is 0 Å². The molecule has 0 aliphatic carbocycles. The maximum Gasteiger partial charge on any atom is 0.237 e. The Hall–Kier alpha value is -2.19. The van der Waals surface area contributed by atoms with Crippen molar-refractivity contribution < 1.29 is 14.0 Å². The third kappa shape index (κ3) is 5.64. The van der Waals surface area contributed by atoms with Gasteiger partial charge in [0, 0.05) is 37.1 Å². The van der Waals surface area contributed by atoms with Gasteiger partial charge < -0.3 is 15.1 Å². The molecule has 2 aromatic heterocycles. The third-order valence-corrected chi connectivity index (χ3v) is 5.56. The number of hydrogen-bond donors (Lipinski definition) is 2. The number of nitrogens with one attached hydrogen (secondary N) is 2. The van der Waals surface area contributed by atoms with E-state index in [1.807, 2.05) is 36.3 Å². The normalized spacial score (nSPS) is 17.7. The predicted molar refractivity (Wildman–Crippen MR) is 103 cm³/mol. The summed E-state index contributed by atoms with van der Waals surface area (Å²) in [5, 5.41) is 8.90. The summed E-state index contributed by atoms with van der Waals surface area (Å²) < 4.78 is 5.62. The summed E-state index contributed by atoms with van der Waals surface area (Å²) in [4.78, 5) is 31.0. The molecule has 1 atom stereocenters. The molecule has 1 fully saturated rings. The predicted octanol–water partition coefficient (Wildman–Crippen LogP) is 1.79. The fraction of sp³-hybridized carbons (Fsp3) is 0.526. The number of aryl methyl sites for hydroxylation is 3. The van der Waals surface area contributed by atoms with Crippen LogP contribution in [0.15, 0.2) is 21.9 Å². The number of aromatic nitrogens is 1. The van der Waals surface area contributed by atoms with E-state index in [-0.39, 0.29) is 18.2 Å². The molecule has 1 aliphatic rings. The van der Waals surface area contributed by atoms with Gasteiger partial charge in [-0.15, -0.1) is 11.3 Å². The van der Waals surface area contributed by atoms with Crippen molar-refractivity contribution in [2.24, 2.45) is 0 Å². The standard InChI is InChI=1S/C19H26N4O3S/c1-13-12-27-18(22-13)4-3-7-20-17(24)10-16-19(25)21-8-9-23(16)11-15-6-5-14(2)26-15/h5-6,12,16H,3-4,7-11H2,1-2H3,(H,20,24)(H,21,25)/t16-/m1/s1. The van der Waals surface area contributed by atoms with E-state index < -0.39 is 6.04 Å². The van der Waals surface area contributed by atoms with E-state index >= 15 is 0 Å². The molecule has 146 valence electrons. The molecule has 3 rings (SSSR count). The highest BCUT2D eigenvalue weighted by Gasteiger charge is 2.32. The summed E-state index contributed by atoms with van der Waals surface area (Å²) >= 11 is 1.65. The average Bonchev–Trinajstić information content (AvgIpc) is 3.23. The summed E-state index contributed by atoms with van der Waals surface area (Å²) in [5.41, 5.74) is 1.04. The molecule has 0 radical (unpaired) electrons. The van der Waals surface area contributed by atoms with Gasteiger partial charge in [-0.1, -0.05) is 0 Å². The Kier molecular flexibility index (Phi) is 6.63. The van der Waals surface area contributed by atoms with Crippen molar-refractivity contribution in [1.29, 1.82) is 0 Å². The average molecular weight is 391 g/mol. The topological polar surface area (TPSA) is 87.5 Å². The number of thiazole rings is 1. The van der Waals surface area contributed by atoms with Gasteiger partial charge in [-0.3, -0.25) is 14.5 Å². The molecular formula is C19H26N4O3S. The first kappa shape index (κ1) is 19.6. The van der Waals surface area contributed by atoms with Gasteiger partial charge >= 0.3 is 0 Å². The molecule has 3 heterocycles. The van der Waals surface area contributed by atoms with Crippen LogP contribution in [-0.2, 0) is 22.6 Å². The SMILES string of the molecule is Cc1csc(CCCNC(=O)C[C@@H]2C(=O)NCCN2Cc2ccc(C)o2)n1.